The van der Waals surface area contributed by atoms with Crippen LogP contribution in [0.5, 0.6) is 0 Å². The largest absolute Gasteiger partial charge is 0.345 e. The summed E-state index contributed by atoms with van der Waals surface area (Å²) in [6, 6.07) is 34.2. The molecule has 0 amide bonds. The zero-order chi connectivity index (χ0) is 16.4. The average Bonchev–Trinajstić information content (AvgIpc) is 2.68. The van der Waals surface area contributed by atoms with Crippen LogP contribution in [0.4, 0.5) is 11.4 Å². The molecule has 0 heterocycles. The molecule has 0 aliphatic heterocycles. The molecule has 0 aromatic heterocycles. The van der Waals surface area contributed by atoms with Gasteiger partial charge in [0.05, 0.1) is 0 Å². The summed E-state index contributed by atoms with van der Waals surface area (Å²) in [6.45, 7) is 0. The fourth-order valence-electron chi connectivity index (χ4n) is 3.15. The third-order valence-electron chi connectivity index (χ3n) is 4.46. The molecule has 4 aromatic rings. The molecule has 0 fully saturated rings. The Balaban J connectivity index is 1.92. The lowest BCUT2D eigenvalue weighted by atomic mass is 9.97. The molecule has 0 N–H and O–H groups in total. The molecule has 4 rings (SSSR count). The van der Waals surface area contributed by atoms with Crippen molar-refractivity contribution in [2.45, 2.75) is 0 Å². The minimum Gasteiger partial charge on any atom is -0.345 e. The topological polar surface area (TPSA) is 3.24 Å². The van der Waals surface area contributed by atoms with Crippen molar-refractivity contribution in [3.05, 3.63) is 97.1 Å². The molecule has 1 heteroatoms. The lowest BCUT2D eigenvalue weighted by molar-refractivity contribution is 1.21. The van der Waals surface area contributed by atoms with Crippen LogP contribution in [0.15, 0.2) is 97.1 Å². The molecule has 0 bridgehead atoms. The highest BCUT2D eigenvalue weighted by Gasteiger charge is 2.10. The highest BCUT2D eigenvalue weighted by molar-refractivity contribution is 5.99. The van der Waals surface area contributed by atoms with E-state index >= 15 is 0 Å². The number of benzene rings is 4. The standard InChI is InChI=1S/C23H19N/c1-24(20-13-6-3-7-14-20)21-16-19-12-8-9-15-22(19)23(17-21)18-10-4-2-5-11-18/h2-17H,1H3. The Bertz CT molecular complexity index is 959. The summed E-state index contributed by atoms with van der Waals surface area (Å²) >= 11 is 0. The van der Waals surface area contributed by atoms with Crippen molar-refractivity contribution < 1.29 is 0 Å². The Hall–Kier alpha value is -3.06. The molecule has 0 atom stereocenters. The number of hydrogen-bond donors (Lipinski definition) is 0. The molecule has 1 nitrogen and oxygen atoms in total. The summed E-state index contributed by atoms with van der Waals surface area (Å²) in [5.74, 6) is 0. The molecular weight excluding hydrogens is 290 g/mol. The van der Waals surface area contributed by atoms with Gasteiger partial charge in [-0.3, -0.25) is 0 Å². The van der Waals surface area contributed by atoms with Crippen molar-refractivity contribution in [3.63, 3.8) is 0 Å². The quantitative estimate of drug-likeness (QED) is 0.431. The molecule has 24 heavy (non-hydrogen) atoms. The van der Waals surface area contributed by atoms with Crippen LogP contribution in [0, 0.1) is 0 Å². The normalized spacial score (nSPS) is 10.7. The van der Waals surface area contributed by atoms with Gasteiger partial charge in [-0.1, -0.05) is 72.8 Å². The third-order valence-corrected chi connectivity index (χ3v) is 4.46. The number of rotatable bonds is 3. The number of nitrogens with zero attached hydrogens (tertiary/aromatic N) is 1. The van der Waals surface area contributed by atoms with Crippen LogP contribution in [0.2, 0.25) is 0 Å². The van der Waals surface area contributed by atoms with Gasteiger partial charge in [0.25, 0.3) is 0 Å². The number of anilines is 2. The zero-order valence-electron chi connectivity index (χ0n) is 13.7. The SMILES string of the molecule is CN(c1ccccc1)c1cc(-c2ccccc2)c2ccccc2c1. The van der Waals surface area contributed by atoms with E-state index in [2.05, 4.69) is 103 Å². The fraction of sp³-hybridized carbons (Fsp3) is 0.0435. The van der Waals surface area contributed by atoms with Gasteiger partial charge >= 0.3 is 0 Å². The zero-order valence-corrected chi connectivity index (χ0v) is 13.7. The second-order valence-corrected chi connectivity index (χ2v) is 5.98. The minimum atomic E-state index is 1.19. The maximum Gasteiger partial charge on any atom is 0.0420 e. The van der Waals surface area contributed by atoms with Crippen molar-refractivity contribution in [1.29, 1.82) is 0 Å². The van der Waals surface area contributed by atoms with Gasteiger partial charge in [0, 0.05) is 18.4 Å². The summed E-state index contributed by atoms with van der Waals surface area (Å²) in [6.07, 6.45) is 0. The molecule has 116 valence electrons. The first-order valence-corrected chi connectivity index (χ1v) is 8.20. The van der Waals surface area contributed by atoms with E-state index < -0.39 is 0 Å². The number of hydrogen-bond acceptors (Lipinski definition) is 1. The number of para-hydroxylation sites is 1. The molecular formula is C23H19N. The predicted octanol–water partition coefficient (Wildman–Crippen LogP) is 6.27. The Kier molecular flexibility index (Phi) is 3.76. The van der Waals surface area contributed by atoms with Gasteiger partial charge in [0.1, 0.15) is 0 Å². The summed E-state index contributed by atoms with van der Waals surface area (Å²) in [5.41, 5.74) is 4.90. The van der Waals surface area contributed by atoms with E-state index in [-0.39, 0.29) is 0 Å². The van der Waals surface area contributed by atoms with Gasteiger partial charge in [-0.2, -0.15) is 0 Å². The first kappa shape index (κ1) is 14.5. The molecule has 0 radical (unpaired) electrons. The van der Waals surface area contributed by atoms with Crippen molar-refractivity contribution in [3.8, 4) is 11.1 Å². The lowest BCUT2D eigenvalue weighted by Gasteiger charge is -2.21. The highest BCUT2D eigenvalue weighted by atomic mass is 15.1. The van der Waals surface area contributed by atoms with Crippen molar-refractivity contribution in [1.82, 2.24) is 0 Å². The molecule has 0 spiro atoms. The van der Waals surface area contributed by atoms with Crippen LogP contribution in [-0.2, 0) is 0 Å². The Morgan fingerprint density at radius 1 is 0.583 bits per heavy atom. The first-order valence-electron chi connectivity index (χ1n) is 8.20. The van der Waals surface area contributed by atoms with E-state index in [4.69, 9.17) is 0 Å². The lowest BCUT2D eigenvalue weighted by Crippen LogP contribution is -2.09. The van der Waals surface area contributed by atoms with E-state index in [9.17, 15) is 0 Å². The Labute approximate surface area is 142 Å². The number of fused-ring (bicyclic) bond motifs is 1. The summed E-state index contributed by atoms with van der Waals surface area (Å²) < 4.78 is 0. The van der Waals surface area contributed by atoms with E-state index in [0.29, 0.717) is 0 Å². The van der Waals surface area contributed by atoms with Gasteiger partial charge in [-0.15, -0.1) is 0 Å². The van der Waals surface area contributed by atoms with Crippen molar-refractivity contribution in [2.24, 2.45) is 0 Å². The Morgan fingerprint density at radius 3 is 1.96 bits per heavy atom. The van der Waals surface area contributed by atoms with Crippen LogP contribution in [-0.4, -0.2) is 7.05 Å². The van der Waals surface area contributed by atoms with E-state index in [0.717, 1.165) is 0 Å². The minimum absolute atomic E-state index is 1.19. The van der Waals surface area contributed by atoms with Gasteiger partial charge < -0.3 is 4.90 Å². The second kappa shape index (κ2) is 6.21. The summed E-state index contributed by atoms with van der Waals surface area (Å²) in [7, 11) is 2.12. The van der Waals surface area contributed by atoms with Crippen LogP contribution in [0.1, 0.15) is 0 Å². The fourth-order valence-corrected chi connectivity index (χ4v) is 3.15. The van der Waals surface area contributed by atoms with Crippen LogP contribution in [0.3, 0.4) is 0 Å². The van der Waals surface area contributed by atoms with E-state index in [1.807, 2.05) is 6.07 Å². The monoisotopic (exact) mass is 309 g/mol. The first-order chi connectivity index (χ1) is 11.8. The third kappa shape index (κ3) is 2.65. The Morgan fingerprint density at radius 2 is 1.21 bits per heavy atom. The van der Waals surface area contributed by atoms with Gasteiger partial charge in [0.15, 0.2) is 0 Å². The summed E-state index contributed by atoms with van der Waals surface area (Å²) in [4.78, 5) is 2.24. The molecule has 0 unspecified atom stereocenters. The van der Waals surface area contributed by atoms with Gasteiger partial charge in [0.2, 0.25) is 0 Å². The van der Waals surface area contributed by atoms with Crippen molar-refractivity contribution in [2.75, 3.05) is 11.9 Å². The molecule has 4 aromatic carbocycles. The molecule has 0 aliphatic rings. The molecule has 0 aliphatic carbocycles. The highest BCUT2D eigenvalue weighted by Crippen LogP contribution is 2.35. The maximum atomic E-state index is 2.28. The smallest absolute Gasteiger partial charge is 0.0420 e. The van der Waals surface area contributed by atoms with Crippen molar-refractivity contribution >= 4 is 22.1 Å². The van der Waals surface area contributed by atoms with E-state index in [1.54, 1.807) is 0 Å². The van der Waals surface area contributed by atoms with Crippen LogP contribution >= 0.6 is 0 Å². The maximum absolute atomic E-state index is 2.28. The van der Waals surface area contributed by atoms with Crippen LogP contribution in [0.25, 0.3) is 21.9 Å². The summed E-state index contributed by atoms with van der Waals surface area (Å²) in [5, 5.41) is 2.55. The van der Waals surface area contributed by atoms with Gasteiger partial charge in [-0.25, -0.2) is 0 Å². The van der Waals surface area contributed by atoms with Crippen LogP contribution < -0.4 is 4.90 Å². The second-order valence-electron chi connectivity index (χ2n) is 5.98. The van der Waals surface area contributed by atoms with Gasteiger partial charge in [-0.05, 0) is 46.2 Å². The predicted molar refractivity (Wildman–Crippen MR) is 104 cm³/mol. The molecule has 0 saturated carbocycles. The average molecular weight is 309 g/mol. The van der Waals surface area contributed by atoms with E-state index in [1.165, 1.54) is 33.3 Å². The molecule has 0 saturated heterocycles.